The second-order valence-electron chi connectivity index (χ2n) is 9.20. The van der Waals surface area contributed by atoms with E-state index >= 15 is 0 Å². The number of hydrogen-bond acceptors (Lipinski definition) is 8. The van der Waals surface area contributed by atoms with Gasteiger partial charge in [-0.3, -0.25) is 4.79 Å². The van der Waals surface area contributed by atoms with Gasteiger partial charge in [0, 0.05) is 17.8 Å². The lowest BCUT2D eigenvalue weighted by atomic mass is 10.1. The number of nitrogens with zero attached hydrogens (tertiary/aromatic N) is 3. The third-order valence-corrected chi connectivity index (χ3v) is 7.26. The van der Waals surface area contributed by atoms with E-state index in [9.17, 15) is 22.4 Å². The van der Waals surface area contributed by atoms with Gasteiger partial charge in [0.15, 0.2) is 5.76 Å². The number of nitrogens with one attached hydrogen (secondary N) is 1. The van der Waals surface area contributed by atoms with E-state index in [0.29, 0.717) is 55.7 Å². The van der Waals surface area contributed by atoms with E-state index in [-0.39, 0.29) is 12.3 Å². The lowest BCUT2D eigenvalue weighted by Gasteiger charge is -2.14. The van der Waals surface area contributed by atoms with Crippen molar-refractivity contribution in [2.24, 2.45) is 0 Å². The Balaban J connectivity index is 1.23. The lowest BCUT2D eigenvalue weighted by molar-refractivity contribution is -0.138. The van der Waals surface area contributed by atoms with E-state index in [4.69, 9.17) is 18.6 Å². The Kier molecular flexibility index (Phi) is 7.13. The summed E-state index contributed by atoms with van der Waals surface area (Å²) in [6, 6.07) is 13.5. The zero-order chi connectivity index (χ0) is 30.3. The van der Waals surface area contributed by atoms with E-state index in [1.807, 2.05) is 0 Å². The number of carbonyl (C=O) groups is 1. The number of carbonyl (C=O) groups excluding carboxylic acids is 1. The number of amides is 1. The molecule has 0 aliphatic carbocycles. The molecule has 6 rings (SSSR count). The first-order valence-corrected chi connectivity index (χ1v) is 13.3. The van der Waals surface area contributed by atoms with Gasteiger partial charge in [0.25, 0.3) is 11.1 Å². The van der Waals surface area contributed by atoms with Gasteiger partial charge in [-0.1, -0.05) is 12.1 Å². The van der Waals surface area contributed by atoms with Crippen LogP contribution in [0.4, 0.5) is 23.2 Å². The van der Waals surface area contributed by atoms with Crippen LogP contribution in [0, 0.1) is 5.82 Å². The zero-order valence-electron chi connectivity index (χ0n) is 22.4. The number of furan rings is 1. The largest absolute Gasteiger partial charge is 0.496 e. The molecule has 1 amide bonds. The Labute approximate surface area is 244 Å². The molecular weight excluding hydrogens is 592 g/mol. The molecule has 0 bridgehead atoms. The molecule has 9 nitrogen and oxygen atoms in total. The smallest absolute Gasteiger partial charge is 0.417 e. The first-order chi connectivity index (χ1) is 20.6. The molecule has 0 unspecified atom stereocenters. The Bertz CT molecular complexity index is 1950. The molecule has 3 aromatic carbocycles. The Hall–Kier alpha value is -5.11. The summed E-state index contributed by atoms with van der Waals surface area (Å²) in [6.07, 6.45) is -3.19. The Morgan fingerprint density at radius 1 is 1.07 bits per heavy atom. The highest BCUT2D eigenvalue weighted by Crippen LogP contribution is 2.38. The highest BCUT2D eigenvalue weighted by Gasteiger charge is 2.35. The molecule has 1 N–H and O–H groups in total. The molecule has 0 fully saturated rings. The molecule has 43 heavy (non-hydrogen) atoms. The average molecular weight is 613 g/mol. The van der Waals surface area contributed by atoms with Crippen molar-refractivity contribution in [2.75, 3.05) is 19.5 Å². The van der Waals surface area contributed by atoms with Crippen LogP contribution in [0.5, 0.6) is 16.7 Å². The van der Waals surface area contributed by atoms with Crippen molar-refractivity contribution < 1.29 is 41.0 Å². The van der Waals surface area contributed by atoms with Gasteiger partial charge in [-0.25, -0.2) is 13.9 Å². The predicted octanol–water partition coefficient (Wildman–Crippen LogP) is 7.21. The fourth-order valence-electron chi connectivity index (χ4n) is 4.38. The quantitative estimate of drug-likeness (QED) is 0.181. The first kappa shape index (κ1) is 28.0. The van der Waals surface area contributed by atoms with Crippen molar-refractivity contribution in [2.45, 2.75) is 12.8 Å². The van der Waals surface area contributed by atoms with Crippen LogP contribution in [0.25, 0.3) is 27.4 Å². The van der Waals surface area contributed by atoms with E-state index in [1.165, 1.54) is 31.6 Å². The maximum absolute atomic E-state index is 13.5. The molecule has 0 spiro atoms. The van der Waals surface area contributed by atoms with Crippen molar-refractivity contribution in [3.8, 4) is 28.1 Å². The van der Waals surface area contributed by atoms with E-state index in [1.54, 1.807) is 47.1 Å². The number of fused-ring (bicyclic) bond motifs is 2. The molecule has 6 aromatic rings. The van der Waals surface area contributed by atoms with Gasteiger partial charge in [0.05, 0.1) is 36.9 Å². The van der Waals surface area contributed by atoms with Crippen LogP contribution < -0.4 is 19.5 Å². The number of anilines is 1. The second-order valence-corrected chi connectivity index (χ2v) is 10.1. The second kappa shape index (κ2) is 10.9. The summed E-state index contributed by atoms with van der Waals surface area (Å²) in [5.74, 6) is -0.712. The summed E-state index contributed by atoms with van der Waals surface area (Å²) in [5.41, 5.74) is -0.167. The molecular formula is C29H20F4N4O5S. The van der Waals surface area contributed by atoms with Crippen molar-refractivity contribution in [3.05, 3.63) is 89.4 Å². The van der Waals surface area contributed by atoms with Gasteiger partial charge in [0.2, 0.25) is 4.96 Å². The monoisotopic (exact) mass is 612 g/mol. The third-order valence-electron chi connectivity index (χ3n) is 6.37. The van der Waals surface area contributed by atoms with Gasteiger partial charge in [-0.2, -0.15) is 13.2 Å². The molecule has 0 saturated heterocycles. The van der Waals surface area contributed by atoms with Crippen LogP contribution in [0.1, 0.15) is 21.5 Å². The van der Waals surface area contributed by atoms with Crippen molar-refractivity contribution in [1.29, 1.82) is 0 Å². The molecule has 3 heterocycles. The van der Waals surface area contributed by atoms with Crippen molar-refractivity contribution in [1.82, 2.24) is 14.6 Å². The first-order valence-electron chi connectivity index (χ1n) is 12.5. The van der Waals surface area contributed by atoms with Gasteiger partial charge in [-0.05, 0) is 53.3 Å². The fourth-order valence-corrected chi connectivity index (χ4v) is 5.08. The van der Waals surface area contributed by atoms with Gasteiger partial charge >= 0.3 is 6.18 Å². The van der Waals surface area contributed by atoms with Crippen LogP contribution >= 0.6 is 11.3 Å². The summed E-state index contributed by atoms with van der Waals surface area (Å²) in [4.78, 5) is 17.9. The number of rotatable bonds is 8. The van der Waals surface area contributed by atoms with Crippen LogP contribution in [-0.2, 0) is 12.8 Å². The maximum atomic E-state index is 13.5. The number of hydrogen-bond donors (Lipinski definition) is 1. The Morgan fingerprint density at radius 2 is 1.91 bits per heavy atom. The SMILES string of the molecule is COc1cc(OCc2cccc(NC(=O)c3ccc(F)cc3C(F)(F)F)c2)c2cc(-c3cn4nc(OC)sc4n3)oc2c1. The maximum Gasteiger partial charge on any atom is 0.417 e. The molecule has 0 saturated carbocycles. The number of benzene rings is 3. The number of alkyl halides is 3. The minimum absolute atomic E-state index is 0.0424. The predicted molar refractivity (Wildman–Crippen MR) is 149 cm³/mol. The standard InChI is InChI=1S/C29H20F4N4O5S/c1-39-18-10-23(20-12-25(42-24(20)11-18)22-13-37-27(35-22)43-28(36-37)40-2)41-14-15-4-3-5-17(8-15)34-26(38)19-7-6-16(30)9-21(19)29(31,32)33/h3-13H,14H2,1-2H3,(H,34,38). The highest BCUT2D eigenvalue weighted by atomic mass is 32.1. The molecule has 220 valence electrons. The van der Waals surface area contributed by atoms with Crippen LogP contribution in [0.15, 0.2) is 71.3 Å². The number of imidazole rings is 1. The number of aromatic nitrogens is 3. The lowest BCUT2D eigenvalue weighted by Crippen LogP contribution is -2.19. The molecule has 14 heteroatoms. The van der Waals surface area contributed by atoms with E-state index in [0.717, 1.165) is 12.1 Å². The van der Waals surface area contributed by atoms with Gasteiger partial charge in [0.1, 0.15) is 35.2 Å². The third kappa shape index (κ3) is 5.68. The average Bonchev–Trinajstić information content (AvgIpc) is 3.68. The number of halogens is 4. The normalized spacial score (nSPS) is 11.7. The van der Waals surface area contributed by atoms with E-state index in [2.05, 4.69) is 15.4 Å². The summed E-state index contributed by atoms with van der Waals surface area (Å²) >= 11 is 1.28. The molecule has 0 aliphatic heterocycles. The van der Waals surface area contributed by atoms with E-state index < -0.39 is 29.0 Å². The Morgan fingerprint density at radius 3 is 2.65 bits per heavy atom. The fraction of sp³-hybridized carbons (Fsp3) is 0.138. The summed E-state index contributed by atoms with van der Waals surface area (Å²) < 4.78 is 77.9. The molecule has 0 radical (unpaired) electrons. The van der Waals surface area contributed by atoms with Crippen molar-refractivity contribution in [3.63, 3.8) is 0 Å². The van der Waals surface area contributed by atoms with Crippen LogP contribution in [0.3, 0.4) is 0 Å². The minimum atomic E-state index is -4.91. The number of ether oxygens (including phenoxy) is 3. The molecule has 0 aliphatic rings. The van der Waals surface area contributed by atoms with Gasteiger partial charge in [-0.15, -0.1) is 5.10 Å². The summed E-state index contributed by atoms with van der Waals surface area (Å²) in [7, 11) is 3.04. The summed E-state index contributed by atoms with van der Waals surface area (Å²) in [6.45, 7) is 0.0424. The molecule has 3 aromatic heterocycles. The topological polar surface area (TPSA) is 100 Å². The highest BCUT2D eigenvalue weighted by molar-refractivity contribution is 7.18. The zero-order valence-corrected chi connectivity index (χ0v) is 23.2. The molecule has 0 atom stereocenters. The van der Waals surface area contributed by atoms with Crippen LogP contribution in [0.2, 0.25) is 0 Å². The van der Waals surface area contributed by atoms with Gasteiger partial charge < -0.3 is 23.9 Å². The summed E-state index contributed by atoms with van der Waals surface area (Å²) in [5, 5.41) is 7.84. The van der Waals surface area contributed by atoms with Crippen molar-refractivity contribution >= 4 is 38.9 Å². The minimum Gasteiger partial charge on any atom is -0.496 e. The van der Waals surface area contributed by atoms with Crippen LogP contribution in [-0.4, -0.2) is 34.7 Å². The number of methoxy groups -OCH3 is 2.